The zero-order valence-electron chi connectivity index (χ0n) is 15.3. The van der Waals surface area contributed by atoms with Gasteiger partial charge in [-0.2, -0.15) is 0 Å². The van der Waals surface area contributed by atoms with Crippen molar-refractivity contribution in [1.29, 1.82) is 0 Å². The first-order valence-electron chi connectivity index (χ1n) is 8.08. The molecule has 0 saturated carbocycles. The number of ether oxygens (including phenoxy) is 1. The molecule has 2 aromatic rings. The highest BCUT2D eigenvalue weighted by Crippen LogP contribution is 2.37. The standard InChI is InChI=1S/C17H25N3O4Si/c1-17(2,3)25(4,5)24-14(16(21)22)11-23-13-6-7-15(19-10-13)20-9-8-18-12-20/h6-10,12,14H,11H2,1-5H3,(H,21,22). The third-order valence-corrected chi connectivity index (χ3v) is 8.90. The Bertz CT molecular complexity index is 694. The van der Waals surface area contributed by atoms with Gasteiger partial charge in [0.05, 0.1) is 6.20 Å². The van der Waals surface area contributed by atoms with Gasteiger partial charge >= 0.3 is 5.97 Å². The SMILES string of the molecule is CC(C)(C)[Si](C)(C)OC(COc1ccc(-n2ccnc2)nc1)C(=O)O. The van der Waals surface area contributed by atoms with E-state index in [-0.39, 0.29) is 11.6 Å². The first-order chi connectivity index (χ1) is 11.6. The fraction of sp³-hybridized carbons (Fsp3) is 0.471. The predicted octanol–water partition coefficient (Wildman–Crippen LogP) is 3.12. The van der Waals surface area contributed by atoms with Crippen LogP contribution in [-0.2, 0) is 9.22 Å². The molecule has 1 unspecified atom stereocenters. The second-order valence-corrected chi connectivity index (χ2v) is 12.1. The van der Waals surface area contributed by atoms with E-state index in [1.807, 2.05) is 13.1 Å². The number of hydrogen-bond acceptors (Lipinski definition) is 5. The lowest BCUT2D eigenvalue weighted by atomic mass is 10.2. The summed E-state index contributed by atoms with van der Waals surface area (Å²) in [7, 11) is -2.20. The second kappa shape index (κ2) is 7.36. The van der Waals surface area contributed by atoms with Crippen LogP contribution in [-0.4, -0.2) is 46.6 Å². The quantitative estimate of drug-likeness (QED) is 0.761. The summed E-state index contributed by atoms with van der Waals surface area (Å²) in [6, 6.07) is 3.52. The second-order valence-electron chi connectivity index (χ2n) is 7.34. The molecular formula is C17H25N3O4Si. The molecule has 0 fully saturated rings. The summed E-state index contributed by atoms with van der Waals surface area (Å²) in [5.41, 5.74) is 0. The number of imidazole rings is 1. The van der Waals surface area contributed by atoms with Gasteiger partial charge in [-0.1, -0.05) is 20.8 Å². The van der Waals surface area contributed by atoms with Crippen molar-refractivity contribution in [1.82, 2.24) is 14.5 Å². The Balaban J connectivity index is 2.00. The van der Waals surface area contributed by atoms with E-state index in [2.05, 4.69) is 30.7 Å². The van der Waals surface area contributed by atoms with Crippen LogP contribution >= 0.6 is 0 Å². The highest BCUT2D eigenvalue weighted by Gasteiger charge is 2.41. The summed E-state index contributed by atoms with van der Waals surface area (Å²) in [6.45, 7) is 10.2. The van der Waals surface area contributed by atoms with Gasteiger partial charge in [-0.3, -0.25) is 4.57 Å². The highest BCUT2D eigenvalue weighted by atomic mass is 28.4. The van der Waals surface area contributed by atoms with Gasteiger partial charge in [0, 0.05) is 12.4 Å². The van der Waals surface area contributed by atoms with Gasteiger partial charge in [0.15, 0.2) is 14.4 Å². The van der Waals surface area contributed by atoms with Crippen LogP contribution in [0.25, 0.3) is 5.82 Å². The number of carboxylic acid groups (broad SMARTS) is 1. The number of aromatic nitrogens is 3. The number of nitrogens with zero attached hydrogens (tertiary/aromatic N) is 3. The Hall–Kier alpha value is -2.19. The smallest absolute Gasteiger partial charge is 0.335 e. The molecular weight excluding hydrogens is 338 g/mol. The van der Waals surface area contributed by atoms with Crippen LogP contribution in [0.3, 0.4) is 0 Å². The zero-order chi connectivity index (χ0) is 18.7. The van der Waals surface area contributed by atoms with Gasteiger partial charge in [-0.15, -0.1) is 0 Å². The molecule has 0 aliphatic heterocycles. The average Bonchev–Trinajstić information content (AvgIpc) is 3.05. The minimum atomic E-state index is -2.20. The topological polar surface area (TPSA) is 86.5 Å². The lowest BCUT2D eigenvalue weighted by molar-refractivity contribution is -0.147. The van der Waals surface area contributed by atoms with Crippen molar-refractivity contribution in [3.8, 4) is 11.6 Å². The maximum atomic E-state index is 11.5. The minimum absolute atomic E-state index is 0.0616. The summed E-state index contributed by atoms with van der Waals surface area (Å²) in [5.74, 6) is 0.180. The fourth-order valence-corrected chi connectivity index (χ4v) is 3.10. The highest BCUT2D eigenvalue weighted by molar-refractivity contribution is 6.74. The monoisotopic (exact) mass is 363 g/mol. The largest absolute Gasteiger partial charge is 0.489 e. The molecule has 0 saturated heterocycles. The Kier molecular flexibility index (Phi) is 5.64. The molecule has 1 atom stereocenters. The van der Waals surface area contributed by atoms with E-state index < -0.39 is 20.4 Å². The van der Waals surface area contributed by atoms with Crippen molar-refractivity contribution in [3.63, 3.8) is 0 Å². The molecule has 0 bridgehead atoms. The first kappa shape index (κ1) is 19.1. The number of hydrogen-bond donors (Lipinski definition) is 1. The molecule has 2 heterocycles. The molecule has 25 heavy (non-hydrogen) atoms. The maximum absolute atomic E-state index is 11.5. The van der Waals surface area contributed by atoms with E-state index >= 15 is 0 Å². The lowest BCUT2D eigenvalue weighted by Gasteiger charge is -2.38. The number of pyridine rings is 1. The van der Waals surface area contributed by atoms with Crippen LogP contribution in [0.2, 0.25) is 18.1 Å². The van der Waals surface area contributed by atoms with E-state index in [1.165, 1.54) is 0 Å². The van der Waals surface area contributed by atoms with Crippen LogP contribution in [0, 0.1) is 0 Å². The van der Waals surface area contributed by atoms with Crippen molar-refractivity contribution in [3.05, 3.63) is 37.1 Å². The van der Waals surface area contributed by atoms with Crippen molar-refractivity contribution < 1.29 is 19.1 Å². The maximum Gasteiger partial charge on any atom is 0.335 e. The molecule has 0 amide bonds. The molecule has 0 aliphatic rings. The molecule has 7 nitrogen and oxygen atoms in total. The predicted molar refractivity (Wildman–Crippen MR) is 96.6 cm³/mol. The van der Waals surface area contributed by atoms with Gasteiger partial charge in [0.25, 0.3) is 0 Å². The van der Waals surface area contributed by atoms with Gasteiger partial charge in [0.1, 0.15) is 24.5 Å². The van der Waals surface area contributed by atoms with Crippen molar-refractivity contribution in [2.24, 2.45) is 0 Å². The number of carboxylic acids is 1. The van der Waals surface area contributed by atoms with E-state index in [9.17, 15) is 9.90 Å². The van der Waals surface area contributed by atoms with Gasteiger partial charge in [-0.25, -0.2) is 14.8 Å². The van der Waals surface area contributed by atoms with Crippen LogP contribution in [0.1, 0.15) is 20.8 Å². The summed E-state index contributed by atoms with van der Waals surface area (Å²) < 4.78 is 13.3. The van der Waals surface area contributed by atoms with Crippen molar-refractivity contribution in [2.45, 2.75) is 45.0 Å². The summed E-state index contributed by atoms with van der Waals surface area (Å²) >= 11 is 0. The molecule has 0 aromatic carbocycles. The number of rotatable bonds is 7. The third-order valence-electron chi connectivity index (χ3n) is 4.41. The van der Waals surface area contributed by atoms with Crippen LogP contribution in [0.4, 0.5) is 0 Å². The Morgan fingerprint density at radius 3 is 2.56 bits per heavy atom. The summed E-state index contributed by atoms with van der Waals surface area (Å²) in [4.78, 5) is 19.8. The van der Waals surface area contributed by atoms with E-state index in [4.69, 9.17) is 9.16 Å². The van der Waals surface area contributed by atoms with Gasteiger partial charge in [-0.05, 0) is 30.3 Å². The van der Waals surface area contributed by atoms with E-state index in [0.29, 0.717) is 11.6 Å². The van der Waals surface area contributed by atoms with Gasteiger partial charge in [0.2, 0.25) is 0 Å². The lowest BCUT2D eigenvalue weighted by Crippen LogP contribution is -2.47. The molecule has 8 heteroatoms. The average molecular weight is 363 g/mol. The molecule has 0 spiro atoms. The molecule has 2 aromatic heterocycles. The van der Waals surface area contributed by atoms with E-state index in [1.54, 1.807) is 41.6 Å². The summed E-state index contributed by atoms with van der Waals surface area (Å²) in [6.07, 6.45) is 5.66. The molecule has 0 aliphatic carbocycles. The Morgan fingerprint density at radius 2 is 2.08 bits per heavy atom. The number of carbonyl (C=O) groups is 1. The van der Waals surface area contributed by atoms with Crippen LogP contribution in [0.15, 0.2) is 37.1 Å². The number of aliphatic carboxylic acids is 1. The van der Waals surface area contributed by atoms with E-state index in [0.717, 1.165) is 0 Å². The fourth-order valence-electron chi connectivity index (χ4n) is 1.87. The molecule has 0 radical (unpaired) electrons. The third kappa shape index (κ3) is 4.89. The Labute approximate surface area is 148 Å². The summed E-state index contributed by atoms with van der Waals surface area (Å²) in [5, 5.41) is 9.37. The van der Waals surface area contributed by atoms with Crippen molar-refractivity contribution >= 4 is 14.3 Å². The van der Waals surface area contributed by atoms with Crippen LogP contribution in [0.5, 0.6) is 5.75 Å². The van der Waals surface area contributed by atoms with Gasteiger partial charge < -0.3 is 14.3 Å². The zero-order valence-corrected chi connectivity index (χ0v) is 16.3. The Morgan fingerprint density at radius 1 is 1.36 bits per heavy atom. The normalized spacial score (nSPS) is 13.5. The van der Waals surface area contributed by atoms with Crippen molar-refractivity contribution in [2.75, 3.05) is 6.61 Å². The van der Waals surface area contributed by atoms with Crippen LogP contribution < -0.4 is 4.74 Å². The molecule has 1 N–H and O–H groups in total. The molecule has 136 valence electrons. The first-order valence-corrected chi connectivity index (χ1v) is 11.0. The molecule has 2 rings (SSSR count). The minimum Gasteiger partial charge on any atom is -0.489 e.